The highest BCUT2D eigenvalue weighted by molar-refractivity contribution is 7.97. The van der Waals surface area contributed by atoms with Crippen LogP contribution in [-0.2, 0) is 14.4 Å². The van der Waals surface area contributed by atoms with E-state index >= 15 is 0 Å². The van der Waals surface area contributed by atoms with Gasteiger partial charge in [-0.2, -0.15) is 0 Å². The van der Waals surface area contributed by atoms with E-state index < -0.39 is 16.1 Å². The van der Waals surface area contributed by atoms with E-state index in [1.165, 1.54) is 12.1 Å². The highest BCUT2D eigenvalue weighted by Crippen LogP contribution is 2.26. The van der Waals surface area contributed by atoms with Crippen LogP contribution in [0.5, 0.6) is 0 Å². The van der Waals surface area contributed by atoms with Gasteiger partial charge in [0.15, 0.2) is 4.90 Å². The van der Waals surface area contributed by atoms with Gasteiger partial charge in [0.2, 0.25) is 5.82 Å². The van der Waals surface area contributed by atoms with Crippen molar-refractivity contribution in [3.8, 4) is 23.6 Å². The number of carbonyl (C=O) groups excluding carboxylic acids is 1. The summed E-state index contributed by atoms with van der Waals surface area (Å²) in [7, 11) is -3.28. The lowest BCUT2D eigenvalue weighted by Gasteiger charge is -2.08. The molecule has 0 fully saturated rings. The lowest BCUT2D eigenvalue weighted by molar-refractivity contribution is 0.0948. The van der Waals surface area contributed by atoms with Gasteiger partial charge in [-0.1, -0.05) is 5.92 Å². The summed E-state index contributed by atoms with van der Waals surface area (Å²) in [6, 6.07) is 6.30. The van der Waals surface area contributed by atoms with E-state index in [-0.39, 0.29) is 17.3 Å². The Labute approximate surface area is 145 Å². The first-order valence-corrected chi connectivity index (χ1v) is 9.15. The highest BCUT2D eigenvalue weighted by Gasteiger charge is 2.19. The maximum atomic E-state index is 12.3. The van der Waals surface area contributed by atoms with Gasteiger partial charge in [0.25, 0.3) is 5.91 Å². The minimum atomic E-state index is -3.28. The molecule has 1 unspecified atom stereocenters. The lowest BCUT2D eigenvalue weighted by Crippen LogP contribution is -2.25. The van der Waals surface area contributed by atoms with E-state index in [9.17, 15) is 13.6 Å². The summed E-state index contributed by atoms with van der Waals surface area (Å²) in [5.41, 5.74) is 1.83. The zero-order valence-electron chi connectivity index (χ0n) is 13.3. The maximum absolute atomic E-state index is 12.3. The molecule has 0 aliphatic rings. The van der Waals surface area contributed by atoms with Crippen LogP contribution >= 0.6 is 0 Å². The first-order chi connectivity index (χ1) is 11.9. The fourth-order valence-electron chi connectivity index (χ4n) is 2.38. The number of nitrogens with one attached hydrogen (secondary N) is 1. The fraction of sp³-hybridized carbons (Fsp3) is 0.118. The van der Waals surface area contributed by atoms with Crippen LogP contribution in [0.15, 0.2) is 47.8 Å². The number of carbonyl (C=O) groups is 1. The maximum Gasteiger partial charge on any atom is 0.288 e. The zero-order chi connectivity index (χ0) is 18.0. The van der Waals surface area contributed by atoms with Crippen molar-refractivity contribution in [1.82, 2.24) is 19.7 Å². The van der Waals surface area contributed by atoms with Crippen LogP contribution in [0.4, 0.5) is 0 Å². The van der Waals surface area contributed by atoms with E-state index in [0.717, 1.165) is 6.26 Å². The molecule has 2 aromatic heterocycles. The molecule has 1 N–H and O–H groups in total. The van der Waals surface area contributed by atoms with Gasteiger partial charge in [-0.25, -0.2) is 4.98 Å². The Hall–Kier alpha value is -3.02. The van der Waals surface area contributed by atoms with Gasteiger partial charge >= 0.3 is 0 Å². The van der Waals surface area contributed by atoms with E-state index in [0.29, 0.717) is 16.8 Å². The van der Waals surface area contributed by atoms with Crippen LogP contribution in [0.2, 0.25) is 0 Å². The van der Waals surface area contributed by atoms with Crippen LogP contribution < -0.4 is 5.32 Å². The Morgan fingerprint density at radius 1 is 1.40 bits per heavy atom. The van der Waals surface area contributed by atoms with Crippen LogP contribution in [0.1, 0.15) is 10.6 Å². The first-order valence-electron chi connectivity index (χ1n) is 7.26. The fourth-order valence-corrected chi connectivity index (χ4v) is 3.01. The van der Waals surface area contributed by atoms with Crippen molar-refractivity contribution in [3.63, 3.8) is 0 Å². The quantitative estimate of drug-likeness (QED) is 0.564. The summed E-state index contributed by atoms with van der Waals surface area (Å²) < 4.78 is 24.8. The summed E-state index contributed by atoms with van der Waals surface area (Å²) in [4.78, 5) is 20.9. The average Bonchev–Trinajstić information content (AvgIpc) is 2.99. The second kappa shape index (κ2) is 6.47. The molecule has 1 atom stereocenters. The monoisotopic (exact) mass is 354 g/mol. The molecule has 0 spiro atoms. The van der Waals surface area contributed by atoms with Gasteiger partial charge in [-0.3, -0.25) is 14.2 Å². The summed E-state index contributed by atoms with van der Waals surface area (Å²) in [6.07, 6.45) is 11.1. The van der Waals surface area contributed by atoms with E-state index in [1.807, 2.05) is 0 Å². The SMILES string of the molecule is C#CCNC(=O)c1nc(-c2ccc([S+](C)(=O)[O-])cc2)c2cnccn12. The Kier molecular flexibility index (Phi) is 4.35. The minimum absolute atomic E-state index is 0.0945. The Bertz CT molecular complexity index is 1030. The second-order valence-corrected chi connectivity index (χ2v) is 7.31. The lowest BCUT2D eigenvalue weighted by atomic mass is 10.1. The third-order valence-corrected chi connectivity index (χ3v) is 4.69. The molecule has 3 rings (SSSR count). The molecular weight excluding hydrogens is 340 g/mol. The molecule has 0 bridgehead atoms. The molecule has 0 saturated carbocycles. The van der Waals surface area contributed by atoms with Gasteiger partial charge in [-0.15, -0.1) is 10.6 Å². The first kappa shape index (κ1) is 16.8. The number of fused-ring (bicyclic) bond motifs is 1. The molecule has 0 radical (unpaired) electrons. The van der Waals surface area contributed by atoms with E-state index in [4.69, 9.17) is 6.42 Å². The number of hydrogen-bond acceptors (Lipinski definition) is 5. The van der Waals surface area contributed by atoms with Crippen molar-refractivity contribution in [1.29, 1.82) is 0 Å². The summed E-state index contributed by atoms with van der Waals surface area (Å²) in [5.74, 6) is 2.11. The van der Waals surface area contributed by atoms with Gasteiger partial charge in [-0.05, 0) is 24.3 Å². The number of imidazole rings is 1. The van der Waals surface area contributed by atoms with Crippen LogP contribution in [0.25, 0.3) is 16.8 Å². The largest absolute Gasteiger partial charge is 0.610 e. The molecule has 0 aliphatic carbocycles. The number of rotatable bonds is 4. The molecule has 3 aromatic rings. The zero-order valence-corrected chi connectivity index (χ0v) is 14.1. The number of sulfone groups is 1. The average molecular weight is 354 g/mol. The number of terminal acetylenes is 1. The Morgan fingerprint density at radius 3 is 2.76 bits per heavy atom. The smallest absolute Gasteiger partial charge is 0.288 e. The van der Waals surface area contributed by atoms with Gasteiger partial charge in [0.05, 0.1) is 34.2 Å². The van der Waals surface area contributed by atoms with Crippen molar-refractivity contribution >= 4 is 21.6 Å². The van der Waals surface area contributed by atoms with Crippen molar-refractivity contribution in [2.75, 3.05) is 12.8 Å². The molecule has 25 heavy (non-hydrogen) atoms. The van der Waals surface area contributed by atoms with E-state index in [2.05, 4.69) is 21.2 Å². The molecule has 0 saturated heterocycles. The van der Waals surface area contributed by atoms with Crippen molar-refractivity contribution in [3.05, 3.63) is 48.7 Å². The molecule has 1 amide bonds. The topological polar surface area (TPSA) is 99.4 Å². The Balaban J connectivity index is 2.10. The number of hydrogen-bond donors (Lipinski definition) is 1. The van der Waals surface area contributed by atoms with Gasteiger partial charge < -0.3 is 9.87 Å². The predicted molar refractivity (Wildman–Crippen MR) is 92.6 cm³/mol. The summed E-state index contributed by atoms with van der Waals surface area (Å²) >= 11 is 0. The third-order valence-electron chi connectivity index (χ3n) is 3.56. The summed E-state index contributed by atoms with van der Waals surface area (Å²) in [6.45, 7) is 0.0945. The third kappa shape index (κ3) is 3.28. The van der Waals surface area contributed by atoms with Gasteiger partial charge in [0.1, 0.15) is 6.26 Å². The molecule has 1 aromatic carbocycles. The standard InChI is InChI=1S/C17H14N4O3S/c1-3-8-19-17(22)16-20-15(14-11-18-9-10-21(14)16)12-4-6-13(7-5-12)25(2,23)24/h1,4-7,9-11H,8H2,2H3,(H-,19,22,23,24). The molecule has 8 heteroatoms. The number of amides is 1. The van der Waals surface area contributed by atoms with Crippen LogP contribution in [0.3, 0.4) is 0 Å². The number of aromatic nitrogens is 3. The van der Waals surface area contributed by atoms with Crippen molar-refractivity contribution in [2.45, 2.75) is 4.90 Å². The molecular formula is C17H14N4O3S. The van der Waals surface area contributed by atoms with Crippen LogP contribution in [0, 0.1) is 12.3 Å². The van der Waals surface area contributed by atoms with Crippen molar-refractivity contribution in [2.24, 2.45) is 0 Å². The second-order valence-electron chi connectivity index (χ2n) is 5.30. The molecule has 2 heterocycles. The summed E-state index contributed by atoms with van der Waals surface area (Å²) in [5, 5.41) is 2.58. The number of benzene rings is 1. The van der Waals surface area contributed by atoms with E-state index in [1.54, 1.807) is 35.1 Å². The molecule has 126 valence electrons. The Morgan fingerprint density at radius 2 is 2.12 bits per heavy atom. The molecule has 7 nitrogen and oxygen atoms in total. The highest BCUT2D eigenvalue weighted by atomic mass is 32.3. The number of nitrogens with zero attached hydrogens (tertiary/aromatic N) is 3. The normalized spacial score (nSPS) is 13.2. The van der Waals surface area contributed by atoms with Crippen LogP contribution in [-0.4, -0.2) is 37.6 Å². The predicted octanol–water partition coefficient (Wildman–Crippen LogP) is 1.38. The minimum Gasteiger partial charge on any atom is -0.610 e. The molecule has 0 aliphatic heterocycles. The van der Waals surface area contributed by atoms with Crippen molar-refractivity contribution < 1.29 is 13.6 Å². The van der Waals surface area contributed by atoms with Gasteiger partial charge in [0, 0.05) is 18.0 Å².